The minimum absolute atomic E-state index is 0.157. The van der Waals surface area contributed by atoms with Crippen LogP contribution in [0.1, 0.15) is 49.9 Å². The van der Waals surface area contributed by atoms with Crippen molar-refractivity contribution in [3.8, 4) is 0 Å². The van der Waals surface area contributed by atoms with Gasteiger partial charge in [-0.05, 0) is 25.0 Å². The number of nitrogens with one attached hydrogen (secondary N) is 1. The van der Waals surface area contributed by atoms with Crippen molar-refractivity contribution in [1.82, 2.24) is 5.32 Å². The molecule has 0 aliphatic rings. The summed E-state index contributed by atoms with van der Waals surface area (Å²) in [5.74, 6) is 1.66. The number of hydrogen-bond donors (Lipinski definition) is 1. The summed E-state index contributed by atoms with van der Waals surface area (Å²) < 4.78 is 5.22. The van der Waals surface area contributed by atoms with Gasteiger partial charge in [0.2, 0.25) is 5.91 Å². The lowest BCUT2D eigenvalue weighted by Crippen LogP contribution is -2.32. The SMILES string of the molecule is CCCC(CCC)C(=O)NCCSSCCOC(=O)c1ccccc1. The third-order valence-corrected chi connectivity index (χ3v) is 5.99. The third kappa shape index (κ3) is 9.80. The fourth-order valence-electron chi connectivity index (χ4n) is 2.41. The Morgan fingerprint density at radius 1 is 1.04 bits per heavy atom. The van der Waals surface area contributed by atoms with Crippen LogP contribution in [0.4, 0.5) is 0 Å². The Hall–Kier alpha value is -1.14. The maximum atomic E-state index is 12.1. The quantitative estimate of drug-likeness (QED) is 0.307. The molecule has 0 aliphatic carbocycles. The maximum absolute atomic E-state index is 12.1. The van der Waals surface area contributed by atoms with Gasteiger partial charge in [-0.15, -0.1) is 0 Å². The first-order valence-corrected chi connectivity index (χ1v) is 11.4. The van der Waals surface area contributed by atoms with Crippen LogP contribution in [0.5, 0.6) is 0 Å². The minimum Gasteiger partial charge on any atom is -0.461 e. The van der Waals surface area contributed by atoms with Gasteiger partial charge in [-0.2, -0.15) is 0 Å². The van der Waals surface area contributed by atoms with Gasteiger partial charge in [0.25, 0.3) is 0 Å². The van der Waals surface area contributed by atoms with Gasteiger partial charge in [-0.1, -0.05) is 66.5 Å². The molecular weight excluding hydrogens is 354 g/mol. The lowest BCUT2D eigenvalue weighted by Gasteiger charge is -2.14. The number of carbonyl (C=O) groups excluding carboxylic acids is 2. The predicted octanol–water partition coefficient (Wildman–Crippen LogP) is 4.56. The Morgan fingerprint density at radius 2 is 1.68 bits per heavy atom. The Bertz CT molecular complexity index is 491. The predicted molar refractivity (Wildman–Crippen MR) is 108 cm³/mol. The molecule has 0 saturated carbocycles. The molecule has 4 nitrogen and oxygen atoms in total. The van der Waals surface area contributed by atoms with Crippen LogP contribution in [0.2, 0.25) is 0 Å². The Kier molecular flexibility index (Phi) is 12.3. The van der Waals surface area contributed by atoms with Crippen LogP contribution in [0.15, 0.2) is 30.3 Å². The first-order valence-electron chi connectivity index (χ1n) is 8.93. The number of hydrogen-bond acceptors (Lipinski definition) is 5. The van der Waals surface area contributed by atoms with E-state index >= 15 is 0 Å². The van der Waals surface area contributed by atoms with Crippen LogP contribution >= 0.6 is 21.6 Å². The lowest BCUT2D eigenvalue weighted by molar-refractivity contribution is -0.125. The molecule has 0 radical (unpaired) electrons. The van der Waals surface area contributed by atoms with Crippen molar-refractivity contribution in [2.75, 3.05) is 24.7 Å². The summed E-state index contributed by atoms with van der Waals surface area (Å²) in [5, 5.41) is 3.02. The van der Waals surface area contributed by atoms with E-state index in [1.807, 2.05) is 18.2 Å². The molecule has 0 heterocycles. The van der Waals surface area contributed by atoms with E-state index in [-0.39, 0.29) is 17.8 Å². The van der Waals surface area contributed by atoms with Gasteiger partial charge in [0.05, 0.1) is 5.56 Å². The van der Waals surface area contributed by atoms with E-state index in [2.05, 4.69) is 19.2 Å². The normalized spacial score (nSPS) is 10.7. The van der Waals surface area contributed by atoms with Gasteiger partial charge in [0.15, 0.2) is 0 Å². The molecule has 140 valence electrons. The molecule has 0 fully saturated rings. The van der Waals surface area contributed by atoms with Gasteiger partial charge in [0, 0.05) is 24.0 Å². The summed E-state index contributed by atoms with van der Waals surface area (Å²) in [6.07, 6.45) is 4.03. The molecule has 0 saturated heterocycles. The third-order valence-electron chi connectivity index (χ3n) is 3.62. The highest BCUT2D eigenvalue weighted by molar-refractivity contribution is 8.76. The summed E-state index contributed by atoms with van der Waals surface area (Å²) in [6.45, 7) is 5.32. The van der Waals surface area contributed by atoms with E-state index in [4.69, 9.17) is 4.74 Å². The average Bonchev–Trinajstić information content (AvgIpc) is 2.64. The van der Waals surface area contributed by atoms with Crippen LogP contribution in [0, 0.1) is 5.92 Å². The van der Waals surface area contributed by atoms with Crippen molar-refractivity contribution < 1.29 is 14.3 Å². The zero-order chi connectivity index (χ0) is 18.3. The van der Waals surface area contributed by atoms with Crippen LogP contribution in [-0.4, -0.2) is 36.5 Å². The number of ether oxygens (including phenoxy) is 1. The van der Waals surface area contributed by atoms with Crippen LogP contribution < -0.4 is 5.32 Å². The molecule has 25 heavy (non-hydrogen) atoms. The van der Waals surface area contributed by atoms with Gasteiger partial charge in [0.1, 0.15) is 6.61 Å². The largest absolute Gasteiger partial charge is 0.461 e. The molecule has 0 atom stereocenters. The number of esters is 1. The van der Waals surface area contributed by atoms with Crippen molar-refractivity contribution in [3.63, 3.8) is 0 Å². The summed E-state index contributed by atoms with van der Waals surface area (Å²) in [5.41, 5.74) is 0.580. The highest BCUT2D eigenvalue weighted by Crippen LogP contribution is 2.20. The van der Waals surface area contributed by atoms with E-state index in [9.17, 15) is 9.59 Å². The van der Waals surface area contributed by atoms with Crippen molar-refractivity contribution in [2.45, 2.75) is 39.5 Å². The maximum Gasteiger partial charge on any atom is 0.338 e. The zero-order valence-corrected chi connectivity index (χ0v) is 16.8. The van der Waals surface area contributed by atoms with E-state index in [1.165, 1.54) is 0 Å². The van der Waals surface area contributed by atoms with Crippen LogP contribution in [-0.2, 0) is 9.53 Å². The number of amides is 1. The van der Waals surface area contributed by atoms with Gasteiger partial charge < -0.3 is 10.1 Å². The number of carbonyl (C=O) groups is 2. The molecule has 0 spiro atoms. The average molecular weight is 384 g/mol. The standard InChI is InChI=1S/C19H29NO3S2/c1-3-8-16(9-4-2)18(21)20-12-14-24-25-15-13-23-19(22)17-10-6-5-7-11-17/h5-7,10-11,16H,3-4,8-9,12-15H2,1-2H3,(H,20,21). The Morgan fingerprint density at radius 3 is 2.32 bits per heavy atom. The second-order valence-electron chi connectivity index (χ2n) is 5.71. The van der Waals surface area contributed by atoms with Crippen molar-refractivity contribution in [3.05, 3.63) is 35.9 Å². The molecule has 6 heteroatoms. The minimum atomic E-state index is -0.281. The van der Waals surface area contributed by atoms with E-state index in [1.54, 1.807) is 33.7 Å². The molecule has 1 aromatic rings. The fourth-order valence-corrected chi connectivity index (χ4v) is 4.14. The molecule has 0 unspecified atom stereocenters. The summed E-state index contributed by atoms with van der Waals surface area (Å²) >= 11 is 0. The van der Waals surface area contributed by atoms with E-state index in [0.29, 0.717) is 18.7 Å². The van der Waals surface area contributed by atoms with Gasteiger partial charge in [-0.25, -0.2) is 4.79 Å². The van der Waals surface area contributed by atoms with Crippen LogP contribution in [0.25, 0.3) is 0 Å². The van der Waals surface area contributed by atoms with E-state index < -0.39 is 0 Å². The molecule has 0 bridgehead atoms. The highest BCUT2D eigenvalue weighted by atomic mass is 33.1. The zero-order valence-electron chi connectivity index (χ0n) is 15.2. The second-order valence-corrected chi connectivity index (χ2v) is 8.41. The second kappa shape index (κ2) is 14.1. The molecule has 1 N–H and O–H groups in total. The van der Waals surface area contributed by atoms with Crippen LogP contribution in [0.3, 0.4) is 0 Å². The topological polar surface area (TPSA) is 55.4 Å². The van der Waals surface area contributed by atoms with Crippen molar-refractivity contribution >= 4 is 33.5 Å². The monoisotopic (exact) mass is 383 g/mol. The van der Waals surface area contributed by atoms with Gasteiger partial charge in [-0.3, -0.25) is 4.79 Å². The molecular formula is C19H29NO3S2. The molecule has 0 aromatic heterocycles. The fraction of sp³-hybridized carbons (Fsp3) is 0.579. The first-order chi connectivity index (χ1) is 12.2. The smallest absolute Gasteiger partial charge is 0.338 e. The Labute approximate surface area is 159 Å². The first kappa shape index (κ1) is 21.9. The van der Waals surface area contributed by atoms with Crippen molar-refractivity contribution in [1.29, 1.82) is 0 Å². The van der Waals surface area contributed by atoms with Crippen molar-refractivity contribution in [2.24, 2.45) is 5.92 Å². The summed E-state index contributed by atoms with van der Waals surface area (Å²) in [6, 6.07) is 9.01. The molecule has 0 aliphatic heterocycles. The summed E-state index contributed by atoms with van der Waals surface area (Å²) in [7, 11) is 3.35. The number of benzene rings is 1. The lowest BCUT2D eigenvalue weighted by atomic mass is 9.97. The number of rotatable bonds is 13. The molecule has 1 rings (SSSR count). The molecule has 1 amide bonds. The molecule has 1 aromatic carbocycles. The van der Waals surface area contributed by atoms with E-state index in [0.717, 1.165) is 37.2 Å². The Balaban J connectivity index is 2.03. The highest BCUT2D eigenvalue weighted by Gasteiger charge is 2.15. The summed E-state index contributed by atoms with van der Waals surface area (Å²) in [4.78, 5) is 23.8. The van der Waals surface area contributed by atoms with Gasteiger partial charge >= 0.3 is 5.97 Å².